The van der Waals surface area contributed by atoms with E-state index in [4.69, 9.17) is 5.73 Å². The number of carbonyl (C=O) groups excluding carboxylic acids is 1. The van der Waals surface area contributed by atoms with Crippen LogP contribution < -0.4 is 11.1 Å². The molecule has 1 aliphatic carbocycles. The van der Waals surface area contributed by atoms with Gasteiger partial charge in [-0.05, 0) is 30.9 Å². The van der Waals surface area contributed by atoms with Crippen LogP contribution in [-0.2, 0) is 0 Å². The number of nitrogens with two attached hydrogens (primary N) is 1. The van der Waals surface area contributed by atoms with Gasteiger partial charge in [0.15, 0.2) is 0 Å². The molecule has 0 aromatic carbocycles. The third-order valence-electron chi connectivity index (χ3n) is 2.87. The molecule has 2 atom stereocenters. The second-order valence-electron chi connectivity index (χ2n) is 4.42. The second-order valence-corrected chi connectivity index (χ2v) is 5.47. The first-order chi connectivity index (χ1) is 8.11. The molecule has 1 fully saturated rings. The van der Waals surface area contributed by atoms with Crippen molar-refractivity contribution in [3.05, 3.63) is 21.4 Å². The molecule has 0 aliphatic heterocycles. The van der Waals surface area contributed by atoms with Gasteiger partial charge in [0.1, 0.15) is 0 Å². The summed E-state index contributed by atoms with van der Waals surface area (Å²) in [5, 5.41) is 3.02. The Balaban J connectivity index is 2.08. The molecule has 0 saturated heterocycles. The van der Waals surface area contributed by atoms with E-state index in [2.05, 4.69) is 24.1 Å². The number of nitrogens with one attached hydrogen (secondary N) is 1. The summed E-state index contributed by atoms with van der Waals surface area (Å²) in [4.78, 5) is 13.6. The van der Waals surface area contributed by atoms with Crippen LogP contribution in [0.3, 0.4) is 0 Å². The summed E-state index contributed by atoms with van der Waals surface area (Å²) < 4.78 is 0. The van der Waals surface area contributed by atoms with Crippen LogP contribution >= 0.6 is 11.3 Å². The summed E-state index contributed by atoms with van der Waals surface area (Å²) in [6.07, 6.45) is 1.09. The molecule has 2 unspecified atom stereocenters. The van der Waals surface area contributed by atoms with E-state index in [0.29, 0.717) is 18.5 Å². The first-order valence-corrected chi connectivity index (χ1v) is 6.53. The highest BCUT2D eigenvalue weighted by Gasteiger charge is 2.34. The Morgan fingerprint density at radius 1 is 1.71 bits per heavy atom. The fraction of sp³-hybridized carbons (Fsp3) is 0.462. The van der Waals surface area contributed by atoms with E-state index in [1.54, 1.807) is 0 Å². The minimum atomic E-state index is 0.0215. The van der Waals surface area contributed by atoms with Gasteiger partial charge in [-0.1, -0.05) is 18.8 Å². The lowest BCUT2D eigenvalue weighted by Gasteiger charge is -1.99. The van der Waals surface area contributed by atoms with E-state index in [9.17, 15) is 4.79 Å². The lowest BCUT2D eigenvalue weighted by Crippen LogP contribution is -2.25. The van der Waals surface area contributed by atoms with Crippen LogP contribution in [0.2, 0.25) is 0 Å². The van der Waals surface area contributed by atoms with Crippen molar-refractivity contribution in [3.63, 3.8) is 0 Å². The average molecular weight is 248 g/mol. The molecule has 0 spiro atoms. The minimum Gasteiger partial charge on any atom is -0.348 e. The number of amides is 1. The van der Waals surface area contributed by atoms with E-state index in [1.165, 1.54) is 11.3 Å². The Morgan fingerprint density at radius 3 is 3.00 bits per heavy atom. The molecule has 0 radical (unpaired) electrons. The van der Waals surface area contributed by atoms with Gasteiger partial charge in [0.25, 0.3) is 5.91 Å². The Bertz CT molecular complexity index is 495. The third-order valence-corrected chi connectivity index (χ3v) is 4.02. The SMILES string of the molecule is Cc1cc(C(=O)NC2CC2C)sc1C#CCN. The zero-order valence-corrected chi connectivity index (χ0v) is 10.9. The molecule has 1 aromatic rings. The van der Waals surface area contributed by atoms with Gasteiger partial charge in [0.2, 0.25) is 0 Å². The number of carbonyl (C=O) groups is 1. The van der Waals surface area contributed by atoms with Crippen LogP contribution in [0.4, 0.5) is 0 Å². The van der Waals surface area contributed by atoms with E-state index < -0.39 is 0 Å². The molecule has 3 nitrogen and oxygen atoms in total. The fourth-order valence-corrected chi connectivity index (χ4v) is 2.56. The van der Waals surface area contributed by atoms with Crippen molar-refractivity contribution in [2.45, 2.75) is 26.3 Å². The number of aryl methyl sites for hydroxylation is 1. The van der Waals surface area contributed by atoms with Gasteiger partial charge in [0.05, 0.1) is 16.3 Å². The Morgan fingerprint density at radius 2 is 2.41 bits per heavy atom. The molecule has 1 aliphatic rings. The Labute approximate surface area is 105 Å². The van der Waals surface area contributed by atoms with Crippen LogP contribution in [0.15, 0.2) is 6.07 Å². The molecule has 90 valence electrons. The number of hydrogen-bond donors (Lipinski definition) is 2. The van der Waals surface area contributed by atoms with E-state index >= 15 is 0 Å². The van der Waals surface area contributed by atoms with E-state index in [-0.39, 0.29) is 5.91 Å². The highest BCUT2D eigenvalue weighted by molar-refractivity contribution is 7.14. The van der Waals surface area contributed by atoms with Gasteiger partial charge in [-0.15, -0.1) is 11.3 Å². The molecular formula is C13H16N2OS. The fourth-order valence-electron chi connectivity index (χ4n) is 1.61. The largest absolute Gasteiger partial charge is 0.348 e. The molecule has 2 rings (SSSR count). The molecule has 4 heteroatoms. The number of thiophene rings is 1. The number of rotatable bonds is 2. The maximum absolute atomic E-state index is 11.9. The lowest BCUT2D eigenvalue weighted by atomic mass is 10.2. The average Bonchev–Trinajstić information content (AvgIpc) is 2.85. The normalized spacial score (nSPS) is 21.6. The quantitative estimate of drug-likeness (QED) is 0.779. The predicted octanol–water partition coefficient (Wildman–Crippen LogP) is 1.50. The van der Waals surface area contributed by atoms with Crippen LogP contribution in [0.1, 0.15) is 33.5 Å². The number of hydrogen-bond acceptors (Lipinski definition) is 3. The molecule has 1 heterocycles. The van der Waals surface area contributed by atoms with Gasteiger partial charge in [-0.3, -0.25) is 4.79 Å². The van der Waals surface area contributed by atoms with E-state index in [0.717, 1.165) is 21.7 Å². The Kier molecular flexibility index (Phi) is 3.51. The standard InChI is InChI=1S/C13H16N2OS/c1-8-6-10(8)15-13(16)12-7-9(2)11(17-12)4-3-5-14/h7-8,10H,5-6,14H2,1-2H3,(H,15,16). The van der Waals surface area contributed by atoms with Gasteiger partial charge < -0.3 is 11.1 Å². The summed E-state index contributed by atoms with van der Waals surface area (Å²) >= 11 is 1.44. The summed E-state index contributed by atoms with van der Waals surface area (Å²) in [6, 6.07) is 2.26. The summed E-state index contributed by atoms with van der Waals surface area (Å²) in [6.45, 7) is 4.45. The smallest absolute Gasteiger partial charge is 0.261 e. The topological polar surface area (TPSA) is 55.1 Å². The van der Waals surface area contributed by atoms with Gasteiger partial charge in [-0.2, -0.15) is 0 Å². The Hall–Kier alpha value is -1.31. The van der Waals surface area contributed by atoms with Crippen molar-refractivity contribution in [1.29, 1.82) is 0 Å². The minimum absolute atomic E-state index is 0.0215. The monoisotopic (exact) mass is 248 g/mol. The van der Waals surface area contributed by atoms with Crippen LogP contribution in [-0.4, -0.2) is 18.5 Å². The lowest BCUT2D eigenvalue weighted by molar-refractivity contribution is 0.0953. The molecule has 1 aromatic heterocycles. The molecular weight excluding hydrogens is 232 g/mol. The van der Waals surface area contributed by atoms with Crippen LogP contribution in [0, 0.1) is 24.7 Å². The summed E-state index contributed by atoms with van der Waals surface area (Å²) in [7, 11) is 0. The zero-order valence-electron chi connectivity index (χ0n) is 10.0. The zero-order chi connectivity index (χ0) is 12.4. The summed E-state index contributed by atoms with van der Waals surface area (Å²) in [5.74, 6) is 6.45. The van der Waals surface area contributed by atoms with Gasteiger partial charge in [-0.25, -0.2) is 0 Å². The molecule has 3 N–H and O–H groups in total. The first-order valence-electron chi connectivity index (χ1n) is 5.72. The third kappa shape index (κ3) is 2.87. The van der Waals surface area contributed by atoms with Crippen molar-refractivity contribution in [3.8, 4) is 11.8 Å². The van der Waals surface area contributed by atoms with Crippen molar-refractivity contribution in [2.75, 3.05) is 6.54 Å². The van der Waals surface area contributed by atoms with Crippen LogP contribution in [0.5, 0.6) is 0 Å². The highest BCUT2D eigenvalue weighted by Crippen LogP contribution is 2.30. The highest BCUT2D eigenvalue weighted by atomic mass is 32.1. The molecule has 0 bridgehead atoms. The van der Waals surface area contributed by atoms with Crippen LogP contribution in [0.25, 0.3) is 0 Å². The van der Waals surface area contributed by atoms with Crippen molar-refractivity contribution < 1.29 is 4.79 Å². The summed E-state index contributed by atoms with van der Waals surface area (Å²) in [5.41, 5.74) is 6.38. The second kappa shape index (κ2) is 4.91. The molecule has 1 saturated carbocycles. The predicted molar refractivity (Wildman–Crippen MR) is 70.0 cm³/mol. The maximum Gasteiger partial charge on any atom is 0.261 e. The van der Waals surface area contributed by atoms with Crippen molar-refractivity contribution >= 4 is 17.2 Å². The molecule has 1 amide bonds. The van der Waals surface area contributed by atoms with Gasteiger partial charge in [0, 0.05) is 6.04 Å². The maximum atomic E-state index is 11.9. The van der Waals surface area contributed by atoms with Crippen molar-refractivity contribution in [2.24, 2.45) is 11.7 Å². The first kappa shape index (κ1) is 12.2. The molecule has 17 heavy (non-hydrogen) atoms. The van der Waals surface area contributed by atoms with Crippen molar-refractivity contribution in [1.82, 2.24) is 5.32 Å². The van der Waals surface area contributed by atoms with Gasteiger partial charge >= 0.3 is 0 Å². The van der Waals surface area contributed by atoms with E-state index in [1.807, 2.05) is 13.0 Å².